The number of hydrogen-bond donors (Lipinski definition) is 1. The fraction of sp³-hybridized carbons (Fsp3) is 0.511. The van der Waals surface area contributed by atoms with E-state index in [0.717, 1.165) is 116 Å². The number of carboxylic acid groups (broad SMARTS) is 1. The highest BCUT2D eigenvalue weighted by Crippen LogP contribution is 2.47. The summed E-state index contributed by atoms with van der Waals surface area (Å²) < 4.78 is 18.3. The van der Waals surface area contributed by atoms with Gasteiger partial charge in [-0.1, -0.05) is 55.8 Å². The summed E-state index contributed by atoms with van der Waals surface area (Å²) in [7, 11) is 2.14. The van der Waals surface area contributed by atoms with Crippen LogP contribution in [0.2, 0.25) is 5.15 Å². The fourth-order valence-corrected chi connectivity index (χ4v) is 9.11. The second-order valence-electron chi connectivity index (χ2n) is 18.0. The van der Waals surface area contributed by atoms with Gasteiger partial charge in [0, 0.05) is 63.4 Å². The van der Waals surface area contributed by atoms with E-state index in [-0.39, 0.29) is 10.6 Å². The maximum Gasteiger partial charge on any atom is 0.337 e. The van der Waals surface area contributed by atoms with Crippen LogP contribution < -0.4 is 9.80 Å². The molecule has 6 heterocycles. The molecule has 2 aromatic carbocycles. The highest BCUT2D eigenvalue weighted by Gasteiger charge is 2.38. The van der Waals surface area contributed by atoms with Crippen molar-refractivity contribution in [3.63, 3.8) is 0 Å². The van der Waals surface area contributed by atoms with Gasteiger partial charge in [0.25, 0.3) is 0 Å². The molecule has 12 heteroatoms. The van der Waals surface area contributed by atoms with Crippen molar-refractivity contribution in [1.82, 2.24) is 19.9 Å². The first kappa shape index (κ1) is 39.5. The summed E-state index contributed by atoms with van der Waals surface area (Å²) in [5.74, 6) is 0.238. The first-order valence-corrected chi connectivity index (χ1v) is 20.8. The highest BCUT2D eigenvalue weighted by atomic mass is 35.5. The van der Waals surface area contributed by atoms with Gasteiger partial charge in [0.1, 0.15) is 22.6 Å². The lowest BCUT2D eigenvalue weighted by Crippen LogP contribution is -2.39. The van der Waals surface area contributed by atoms with E-state index < -0.39 is 17.7 Å². The van der Waals surface area contributed by atoms with Gasteiger partial charge in [-0.3, -0.25) is 0 Å². The Labute approximate surface area is 340 Å². The molecule has 3 aliphatic heterocycles. The monoisotopic (exact) mass is 794 g/mol. The molecule has 0 bridgehead atoms. The molecule has 0 unspecified atom stereocenters. The molecule has 0 saturated carbocycles. The van der Waals surface area contributed by atoms with Crippen molar-refractivity contribution in [2.24, 2.45) is 11.3 Å². The van der Waals surface area contributed by atoms with E-state index in [2.05, 4.69) is 58.8 Å². The van der Waals surface area contributed by atoms with Crippen molar-refractivity contribution in [3.05, 3.63) is 76.3 Å². The summed E-state index contributed by atoms with van der Waals surface area (Å²) in [6, 6.07) is 14.6. The van der Waals surface area contributed by atoms with Gasteiger partial charge in [-0.15, -0.1) is 0 Å². The number of nitrogens with zero attached hydrogens (tertiary/aromatic N) is 6. The largest absolute Gasteiger partial charge is 0.479 e. The van der Waals surface area contributed by atoms with Gasteiger partial charge in [0.05, 0.1) is 22.5 Å². The Morgan fingerprint density at radius 3 is 2.54 bits per heavy atom. The Balaban J connectivity index is 1.23. The predicted octanol–water partition coefficient (Wildman–Crippen LogP) is 9.08. The van der Waals surface area contributed by atoms with Gasteiger partial charge in [-0.25, -0.2) is 19.7 Å². The second kappa shape index (κ2) is 15.8. The summed E-state index contributed by atoms with van der Waals surface area (Å²) in [6.07, 6.45) is 5.09. The third kappa shape index (κ3) is 8.35. The van der Waals surface area contributed by atoms with Crippen LogP contribution in [0.1, 0.15) is 88.8 Å². The molecular formula is C45H55ClN6O5. The number of aliphatic carboxylic acids is 1. The normalized spacial score (nSPS) is 18.4. The minimum absolute atomic E-state index is 0.170. The molecule has 2 saturated heterocycles. The van der Waals surface area contributed by atoms with E-state index in [1.807, 2.05) is 45.0 Å². The van der Waals surface area contributed by atoms with E-state index in [1.54, 1.807) is 6.33 Å². The minimum atomic E-state index is -1.31. The topological polar surface area (TPSA) is 117 Å². The van der Waals surface area contributed by atoms with E-state index in [4.69, 9.17) is 35.5 Å². The standard InChI is InChI=1S/C45H55ClN6O5/c1-44(2,3)57-39(43(53)54)36-38(51-19-16-45(4,5)17-20-51)35(33(49-41(36)46)26-50(6)24-28-14-21-55-22-15-28)30-11-12-31-25-52(18-13-29(31)23-30)42-40-37(47-27-48-42)32-9-7-8-10-34(32)56-40/h7-12,23,27-28,39H,13-22,24-26H2,1-6H3,(H,53,54)/t39-/m0/s1. The molecule has 1 atom stereocenters. The Morgan fingerprint density at radius 2 is 1.81 bits per heavy atom. The number of pyridine rings is 1. The number of piperidine rings is 1. The number of hydrogen-bond acceptors (Lipinski definition) is 10. The molecule has 11 nitrogen and oxygen atoms in total. The Morgan fingerprint density at radius 1 is 1.05 bits per heavy atom. The third-order valence-electron chi connectivity index (χ3n) is 11.9. The van der Waals surface area contributed by atoms with Gasteiger partial charge in [-0.2, -0.15) is 0 Å². The molecule has 0 spiro atoms. The lowest BCUT2D eigenvalue weighted by molar-refractivity contribution is -0.160. The molecule has 1 N–H and O–H groups in total. The van der Waals surface area contributed by atoms with Crippen molar-refractivity contribution in [2.75, 3.05) is 56.2 Å². The molecule has 0 radical (unpaired) electrons. The Hall–Kier alpha value is -4.29. The molecule has 2 fully saturated rings. The number of ether oxygens (including phenoxy) is 2. The maximum atomic E-state index is 13.2. The summed E-state index contributed by atoms with van der Waals surface area (Å²) in [5, 5.41) is 12.0. The molecule has 3 aromatic heterocycles. The molecule has 0 amide bonds. The third-order valence-corrected chi connectivity index (χ3v) is 12.2. The van der Waals surface area contributed by atoms with Gasteiger partial charge in [-0.05, 0) is 100 Å². The summed E-state index contributed by atoms with van der Waals surface area (Å²) in [6.45, 7) is 16.2. The Kier molecular flexibility index (Phi) is 11.0. The average Bonchev–Trinajstić information content (AvgIpc) is 3.56. The van der Waals surface area contributed by atoms with Gasteiger partial charge >= 0.3 is 5.97 Å². The van der Waals surface area contributed by atoms with Crippen molar-refractivity contribution in [3.8, 4) is 11.1 Å². The zero-order chi connectivity index (χ0) is 40.1. The first-order valence-electron chi connectivity index (χ1n) is 20.4. The smallest absolute Gasteiger partial charge is 0.337 e. The highest BCUT2D eigenvalue weighted by molar-refractivity contribution is 6.31. The van der Waals surface area contributed by atoms with E-state index in [0.29, 0.717) is 30.2 Å². The quantitative estimate of drug-likeness (QED) is 0.137. The van der Waals surface area contributed by atoms with Crippen LogP contribution in [0.4, 0.5) is 11.5 Å². The number of rotatable bonds is 10. The van der Waals surface area contributed by atoms with Crippen LogP contribution in [0, 0.1) is 11.3 Å². The van der Waals surface area contributed by atoms with Crippen LogP contribution in [0.5, 0.6) is 0 Å². The van der Waals surface area contributed by atoms with Gasteiger partial charge < -0.3 is 33.7 Å². The van der Waals surface area contributed by atoms with Crippen LogP contribution in [-0.2, 0) is 33.8 Å². The van der Waals surface area contributed by atoms with Crippen LogP contribution in [-0.4, -0.2) is 83.0 Å². The lowest BCUT2D eigenvalue weighted by Gasteiger charge is -2.41. The van der Waals surface area contributed by atoms with Crippen LogP contribution in [0.3, 0.4) is 0 Å². The SMILES string of the molecule is CN(Cc1nc(Cl)c([C@H](OC(C)(C)C)C(=O)O)c(N2CCC(C)(C)CC2)c1-c1ccc2c(c1)CCN(c1ncnc3c1oc1ccccc13)C2)CC1CCOCC1. The maximum absolute atomic E-state index is 13.2. The fourth-order valence-electron chi connectivity index (χ4n) is 8.82. The average molecular weight is 795 g/mol. The van der Waals surface area contributed by atoms with Gasteiger partial charge in [0.15, 0.2) is 17.5 Å². The molecule has 302 valence electrons. The second-order valence-corrected chi connectivity index (χ2v) is 18.3. The molecule has 57 heavy (non-hydrogen) atoms. The van der Waals surface area contributed by atoms with Crippen LogP contribution in [0.15, 0.2) is 53.2 Å². The molecule has 5 aromatic rings. The zero-order valence-electron chi connectivity index (χ0n) is 34.1. The first-order chi connectivity index (χ1) is 27.2. The number of benzene rings is 2. The lowest BCUT2D eigenvalue weighted by atomic mass is 9.82. The number of halogens is 1. The summed E-state index contributed by atoms with van der Waals surface area (Å²) >= 11 is 7.23. The zero-order valence-corrected chi connectivity index (χ0v) is 34.9. The number of fused-ring (bicyclic) bond motifs is 4. The molecule has 3 aliphatic rings. The number of furan rings is 1. The minimum Gasteiger partial charge on any atom is -0.479 e. The summed E-state index contributed by atoms with van der Waals surface area (Å²) in [4.78, 5) is 34.6. The van der Waals surface area contributed by atoms with E-state index >= 15 is 0 Å². The number of para-hydroxylation sites is 1. The van der Waals surface area contributed by atoms with Crippen LogP contribution >= 0.6 is 11.6 Å². The number of carboxylic acids is 1. The molecular weight excluding hydrogens is 740 g/mol. The van der Waals surface area contributed by atoms with Crippen molar-refractivity contribution < 1.29 is 23.8 Å². The van der Waals surface area contributed by atoms with E-state index in [1.165, 1.54) is 11.1 Å². The van der Waals surface area contributed by atoms with E-state index in [9.17, 15) is 9.90 Å². The number of carbonyl (C=O) groups is 1. The number of aromatic nitrogens is 3. The molecule has 0 aliphatic carbocycles. The summed E-state index contributed by atoms with van der Waals surface area (Å²) in [5.41, 5.74) is 8.21. The Bertz CT molecular complexity index is 2270. The number of anilines is 2. The van der Waals surface area contributed by atoms with Crippen molar-refractivity contribution >= 4 is 51.1 Å². The van der Waals surface area contributed by atoms with Gasteiger partial charge in [0.2, 0.25) is 0 Å². The van der Waals surface area contributed by atoms with Crippen molar-refractivity contribution in [2.45, 2.75) is 91.5 Å². The predicted molar refractivity (Wildman–Crippen MR) is 225 cm³/mol. The van der Waals surface area contributed by atoms with Crippen LogP contribution in [0.25, 0.3) is 33.2 Å². The molecule has 8 rings (SSSR count). The van der Waals surface area contributed by atoms with Crippen molar-refractivity contribution in [1.29, 1.82) is 0 Å².